The van der Waals surface area contributed by atoms with Crippen LogP contribution in [0.2, 0.25) is 0 Å². The van der Waals surface area contributed by atoms with Crippen LogP contribution in [-0.2, 0) is 11.4 Å². The van der Waals surface area contributed by atoms with Crippen molar-refractivity contribution in [3.63, 3.8) is 0 Å². The number of carbonyl (C=O) groups excluding carboxylic acids is 1. The van der Waals surface area contributed by atoms with E-state index in [4.69, 9.17) is 9.47 Å². The summed E-state index contributed by atoms with van der Waals surface area (Å²) in [6.45, 7) is 1.52. The predicted molar refractivity (Wildman–Crippen MR) is 139 cm³/mol. The molecule has 0 saturated carbocycles. The molecule has 0 unspecified atom stereocenters. The number of hydrogen-bond acceptors (Lipinski definition) is 4. The third-order valence-corrected chi connectivity index (χ3v) is 6.48. The fourth-order valence-electron chi connectivity index (χ4n) is 3.51. The van der Waals surface area contributed by atoms with E-state index in [1.165, 1.54) is 20.1 Å². The number of anilines is 1. The van der Waals surface area contributed by atoms with Crippen molar-refractivity contribution in [3.8, 4) is 11.5 Å². The maximum Gasteiger partial charge on any atom is 0.280 e. The lowest BCUT2D eigenvalue weighted by Gasteiger charge is -2.16. The second-order valence-corrected chi connectivity index (χ2v) is 9.88. The van der Waals surface area contributed by atoms with Gasteiger partial charge in [-0.15, -0.1) is 0 Å². The molecule has 3 aromatic rings. The summed E-state index contributed by atoms with van der Waals surface area (Å²) in [5.74, 6) is -11.5. The molecule has 3 aromatic carbocycles. The molecule has 0 fully saturated rings. The number of carbonyl (C=O) groups is 1. The van der Waals surface area contributed by atoms with Crippen molar-refractivity contribution in [3.05, 3.63) is 90.2 Å². The first-order valence-corrected chi connectivity index (χ1v) is 12.3. The summed E-state index contributed by atoms with van der Waals surface area (Å²) < 4.78 is 82.8. The molecule has 0 saturated heterocycles. The molecule has 1 aliphatic rings. The zero-order valence-corrected chi connectivity index (χ0v) is 22.8. The average Bonchev–Trinajstić information content (AvgIpc) is 3.14. The van der Waals surface area contributed by atoms with Crippen LogP contribution < -0.4 is 14.5 Å². The number of methoxy groups -OCH3 is 1. The van der Waals surface area contributed by atoms with Crippen LogP contribution in [0.1, 0.15) is 18.1 Å². The SMILES string of the molecule is COc1cc(I)cc(/C=C2\C(=O)N(c3c(F)c(F)c(F)c(F)c3F)N=C2C)c1OCc1ccc(Br)cc1. The quantitative estimate of drug-likeness (QED) is 0.0908. The molecule has 0 atom stereocenters. The predicted octanol–water partition coefficient (Wildman–Crippen LogP) is 7.14. The molecule has 0 bridgehead atoms. The van der Waals surface area contributed by atoms with E-state index in [1.54, 1.807) is 12.1 Å². The van der Waals surface area contributed by atoms with Gasteiger partial charge < -0.3 is 9.47 Å². The van der Waals surface area contributed by atoms with Gasteiger partial charge in [-0.3, -0.25) is 4.79 Å². The number of amides is 1. The molecule has 0 aromatic heterocycles. The van der Waals surface area contributed by atoms with Crippen LogP contribution in [0.25, 0.3) is 6.08 Å². The standard InChI is InChI=1S/C25H15BrF5IN2O3/c1-11-16(25(35)34(33-11)23-21(30)19(28)18(27)20(29)22(23)31)8-13-7-15(32)9-17(36-2)24(13)37-10-12-3-5-14(26)6-4-12/h3-9H,10H2,1-2H3/b16-8-. The molecular formula is C25H15BrF5IN2O3. The summed E-state index contributed by atoms with van der Waals surface area (Å²) in [5, 5.41) is 3.92. The van der Waals surface area contributed by atoms with Gasteiger partial charge in [0, 0.05) is 13.6 Å². The number of hydrogen-bond donors (Lipinski definition) is 0. The number of hydrazone groups is 1. The highest BCUT2D eigenvalue weighted by Crippen LogP contribution is 2.38. The molecule has 12 heteroatoms. The topological polar surface area (TPSA) is 51.1 Å². The Hall–Kier alpha value is -3.00. The Morgan fingerprint density at radius 3 is 2.19 bits per heavy atom. The summed E-state index contributed by atoms with van der Waals surface area (Å²) in [5.41, 5.74) is -0.393. The summed E-state index contributed by atoms with van der Waals surface area (Å²) in [4.78, 5) is 13.1. The van der Waals surface area contributed by atoms with Gasteiger partial charge in [0.2, 0.25) is 5.82 Å². The van der Waals surface area contributed by atoms with Gasteiger partial charge in [-0.2, -0.15) is 10.1 Å². The van der Waals surface area contributed by atoms with Gasteiger partial charge in [0.25, 0.3) is 5.91 Å². The Balaban J connectivity index is 1.75. The lowest BCUT2D eigenvalue weighted by Crippen LogP contribution is -2.25. The number of halogens is 7. The molecule has 1 heterocycles. The van der Waals surface area contributed by atoms with Crippen molar-refractivity contribution in [2.45, 2.75) is 13.5 Å². The largest absolute Gasteiger partial charge is 0.493 e. The average molecular weight is 693 g/mol. The second kappa shape index (κ2) is 10.8. The van der Waals surface area contributed by atoms with Crippen LogP contribution in [0.4, 0.5) is 27.6 Å². The van der Waals surface area contributed by atoms with Gasteiger partial charge in [-0.05, 0) is 65.4 Å². The highest BCUT2D eigenvalue weighted by atomic mass is 127. The minimum atomic E-state index is -2.33. The Labute approximate surface area is 229 Å². The van der Waals surface area contributed by atoms with Crippen molar-refractivity contribution < 1.29 is 36.2 Å². The number of ether oxygens (including phenoxy) is 2. The Morgan fingerprint density at radius 2 is 1.59 bits per heavy atom. The number of benzene rings is 3. The monoisotopic (exact) mass is 692 g/mol. The van der Waals surface area contributed by atoms with Crippen molar-refractivity contribution in [2.75, 3.05) is 12.1 Å². The summed E-state index contributed by atoms with van der Waals surface area (Å²) in [6, 6.07) is 10.8. The van der Waals surface area contributed by atoms with E-state index >= 15 is 0 Å². The Kier molecular flexibility index (Phi) is 7.88. The highest BCUT2D eigenvalue weighted by Gasteiger charge is 2.37. The molecule has 37 heavy (non-hydrogen) atoms. The van der Waals surface area contributed by atoms with Crippen LogP contribution >= 0.6 is 38.5 Å². The highest BCUT2D eigenvalue weighted by molar-refractivity contribution is 14.1. The summed E-state index contributed by atoms with van der Waals surface area (Å²) in [7, 11) is 1.44. The molecule has 4 rings (SSSR count). The normalized spacial score (nSPS) is 14.4. The first-order chi connectivity index (χ1) is 17.5. The minimum absolute atomic E-state index is 0.00868. The molecule has 0 radical (unpaired) electrons. The second-order valence-electron chi connectivity index (χ2n) is 7.72. The number of nitrogens with zero attached hydrogens (tertiary/aromatic N) is 2. The van der Waals surface area contributed by atoms with Crippen LogP contribution in [0.5, 0.6) is 11.5 Å². The third-order valence-electron chi connectivity index (χ3n) is 5.33. The Bertz CT molecular complexity index is 1450. The molecular weight excluding hydrogens is 678 g/mol. The number of rotatable bonds is 6. The van der Waals surface area contributed by atoms with E-state index in [1.807, 2.05) is 46.9 Å². The fourth-order valence-corrected chi connectivity index (χ4v) is 4.39. The first kappa shape index (κ1) is 27.0. The van der Waals surface area contributed by atoms with Gasteiger partial charge in [0.05, 0.1) is 18.4 Å². The summed E-state index contributed by atoms with van der Waals surface area (Å²) >= 11 is 5.39. The van der Waals surface area contributed by atoms with E-state index in [2.05, 4.69) is 21.0 Å². The first-order valence-electron chi connectivity index (χ1n) is 10.4. The van der Waals surface area contributed by atoms with Crippen LogP contribution in [0.15, 0.2) is 51.5 Å². The van der Waals surface area contributed by atoms with Crippen molar-refractivity contribution in [1.29, 1.82) is 0 Å². The van der Waals surface area contributed by atoms with Crippen molar-refractivity contribution >= 4 is 61.9 Å². The lowest BCUT2D eigenvalue weighted by molar-refractivity contribution is -0.114. The molecule has 1 aliphatic heterocycles. The van der Waals surface area contributed by atoms with Gasteiger partial charge in [0.1, 0.15) is 12.3 Å². The Morgan fingerprint density at radius 1 is 1.00 bits per heavy atom. The van der Waals surface area contributed by atoms with Crippen molar-refractivity contribution in [2.24, 2.45) is 5.10 Å². The van der Waals surface area contributed by atoms with Crippen LogP contribution in [-0.4, -0.2) is 18.7 Å². The van der Waals surface area contributed by atoms with E-state index in [9.17, 15) is 26.7 Å². The van der Waals surface area contributed by atoms with E-state index in [0.717, 1.165) is 10.0 Å². The lowest BCUT2D eigenvalue weighted by atomic mass is 10.1. The van der Waals surface area contributed by atoms with E-state index < -0.39 is 40.7 Å². The third kappa shape index (κ3) is 5.21. The van der Waals surface area contributed by atoms with Gasteiger partial charge in [-0.25, -0.2) is 22.0 Å². The maximum absolute atomic E-state index is 14.4. The van der Waals surface area contributed by atoms with E-state index in [0.29, 0.717) is 14.9 Å². The molecule has 5 nitrogen and oxygen atoms in total. The van der Waals surface area contributed by atoms with E-state index in [-0.39, 0.29) is 28.7 Å². The van der Waals surface area contributed by atoms with Gasteiger partial charge in [-0.1, -0.05) is 28.1 Å². The van der Waals surface area contributed by atoms with Crippen molar-refractivity contribution in [1.82, 2.24) is 0 Å². The molecule has 0 aliphatic carbocycles. The molecule has 192 valence electrons. The van der Waals surface area contributed by atoms with Gasteiger partial charge >= 0.3 is 0 Å². The molecule has 0 spiro atoms. The molecule has 1 amide bonds. The van der Waals surface area contributed by atoms with Gasteiger partial charge in [0.15, 0.2) is 34.8 Å². The maximum atomic E-state index is 14.4. The summed E-state index contributed by atoms with van der Waals surface area (Å²) in [6.07, 6.45) is 1.36. The zero-order chi connectivity index (χ0) is 27.0. The van der Waals surface area contributed by atoms with Crippen LogP contribution in [0.3, 0.4) is 0 Å². The zero-order valence-electron chi connectivity index (χ0n) is 19.0. The van der Waals surface area contributed by atoms with Crippen LogP contribution in [0, 0.1) is 32.7 Å². The fraction of sp³-hybridized carbons (Fsp3) is 0.120. The smallest absolute Gasteiger partial charge is 0.280 e. The minimum Gasteiger partial charge on any atom is -0.493 e. The molecule has 0 N–H and O–H groups in total.